The second-order valence-corrected chi connectivity index (χ2v) is 6.33. The predicted molar refractivity (Wildman–Crippen MR) is 90.5 cm³/mol. The van der Waals surface area contributed by atoms with Crippen LogP contribution in [0.5, 0.6) is 0 Å². The highest BCUT2D eigenvalue weighted by Gasteiger charge is 2.33. The largest absolute Gasteiger partial charge is 0.340 e. The Bertz CT molecular complexity index is 891. The SMILES string of the molecule is O=C(c1ccc(F)cc1Cl)N1CCCC1c1nc2ccccc2[nH]1. The molecule has 24 heavy (non-hydrogen) atoms. The van der Waals surface area contributed by atoms with Crippen molar-refractivity contribution >= 4 is 28.5 Å². The van der Waals surface area contributed by atoms with E-state index >= 15 is 0 Å². The zero-order valence-corrected chi connectivity index (χ0v) is 13.6. The lowest BCUT2D eigenvalue weighted by Gasteiger charge is -2.23. The lowest BCUT2D eigenvalue weighted by molar-refractivity contribution is 0.0730. The van der Waals surface area contributed by atoms with Crippen LogP contribution >= 0.6 is 11.6 Å². The fourth-order valence-electron chi connectivity index (χ4n) is 3.24. The summed E-state index contributed by atoms with van der Waals surface area (Å²) in [5.74, 6) is 0.134. The van der Waals surface area contributed by atoms with E-state index in [2.05, 4.69) is 9.97 Å². The van der Waals surface area contributed by atoms with E-state index in [1.54, 1.807) is 4.90 Å². The number of imidazole rings is 1. The standard InChI is InChI=1S/C18H15ClFN3O/c19-13-10-11(20)7-8-12(13)18(24)23-9-3-6-16(23)17-21-14-4-1-2-5-15(14)22-17/h1-2,4-5,7-8,10,16H,3,6,9H2,(H,21,22). The van der Waals surface area contributed by atoms with Gasteiger partial charge in [-0.25, -0.2) is 9.37 Å². The summed E-state index contributed by atoms with van der Waals surface area (Å²) in [5, 5.41) is 0.134. The Balaban J connectivity index is 1.68. The second kappa shape index (κ2) is 5.91. The zero-order chi connectivity index (χ0) is 16.7. The fraction of sp³-hybridized carbons (Fsp3) is 0.222. The van der Waals surface area contributed by atoms with Crippen molar-refractivity contribution in [2.75, 3.05) is 6.54 Å². The number of aromatic amines is 1. The molecule has 1 amide bonds. The first kappa shape index (κ1) is 15.1. The highest BCUT2D eigenvalue weighted by molar-refractivity contribution is 6.33. The summed E-state index contributed by atoms with van der Waals surface area (Å²) in [5.41, 5.74) is 2.15. The Labute approximate surface area is 143 Å². The summed E-state index contributed by atoms with van der Waals surface area (Å²) >= 11 is 6.05. The van der Waals surface area contributed by atoms with Gasteiger partial charge in [0.05, 0.1) is 27.7 Å². The number of fused-ring (bicyclic) bond motifs is 1. The number of halogens is 2. The molecular weight excluding hydrogens is 329 g/mol. The summed E-state index contributed by atoms with van der Waals surface area (Å²) in [7, 11) is 0. The number of nitrogens with one attached hydrogen (secondary N) is 1. The molecule has 1 unspecified atom stereocenters. The van der Waals surface area contributed by atoms with E-state index in [0.717, 1.165) is 29.7 Å². The van der Waals surface area contributed by atoms with E-state index in [4.69, 9.17) is 11.6 Å². The molecule has 0 spiro atoms. The first-order chi connectivity index (χ1) is 11.6. The number of rotatable bonds is 2. The minimum atomic E-state index is -0.452. The van der Waals surface area contributed by atoms with Gasteiger partial charge in [-0.2, -0.15) is 0 Å². The van der Waals surface area contributed by atoms with Crippen LogP contribution in [-0.2, 0) is 0 Å². The second-order valence-electron chi connectivity index (χ2n) is 5.92. The number of aromatic nitrogens is 2. The molecular formula is C18H15ClFN3O. The Morgan fingerprint density at radius 3 is 2.92 bits per heavy atom. The minimum absolute atomic E-state index is 0.119. The van der Waals surface area contributed by atoms with Crippen LogP contribution in [0.15, 0.2) is 42.5 Å². The maximum Gasteiger partial charge on any atom is 0.255 e. The molecule has 0 aliphatic carbocycles. The molecule has 3 aromatic rings. The smallest absolute Gasteiger partial charge is 0.255 e. The number of hydrogen-bond donors (Lipinski definition) is 1. The Morgan fingerprint density at radius 2 is 2.12 bits per heavy atom. The number of benzene rings is 2. The van der Waals surface area contributed by atoms with Gasteiger partial charge in [0.15, 0.2) is 0 Å². The molecule has 2 heterocycles. The van der Waals surface area contributed by atoms with Gasteiger partial charge < -0.3 is 9.88 Å². The van der Waals surface area contributed by atoms with Crippen molar-refractivity contribution in [2.24, 2.45) is 0 Å². The van der Waals surface area contributed by atoms with Crippen LogP contribution in [0, 0.1) is 5.82 Å². The van der Waals surface area contributed by atoms with Crippen molar-refractivity contribution in [3.63, 3.8) is 0 Å². The number of nitrogens with zero attached hydrogens (tertiary/aromatic N) is 2. The first-order valence-electron chi connectivity index (χ1n) is 7.84. The van der Waals surface area contributed by atoms with Gasteiger partial charge >= 0.3 is 0 Å². The van der Waals surface area contributed by atoms with Crippen LogP contribution in [0.2, 0.25) is 5.02 Å². The van der Waals surface area contributed by atoms with Gasteiger partial charge in [0.1, 0.15) is 11.6 Å². The molecule has 0 radical (unpaired) electrons. The molecule has 0 bridgehead atoms. The molecule has 0 saturated carbocycles. The molecule has 4 rings (SSSR count). The molecule has 1 saturated heterocycles. The summed E-state index contributed by atoms with van der Waals surface area (Å²) < 4.78 is 13.2. The van der Waals surface area contributed by atoms with Crippen LogP contribution in [0.1, 0.15) is 35.1 Å². The van der Waals surface area contributed by atoms with E-state index < -0.39 is 5.82 Å². The third kappa shape index (κ3) is 2.55. The monoisotopic (exact) mass is 343 g/mol. The molecule has 1 N–H and O–H groups in total. The highest BCUT2D eigenvalue weighted by atomic mass is 35.5. The minimum Gasteiger partial charge on any atom is -0.340 e. The lowest BCUT2D eigenvalue weighted by Crippen LogP contribution is -2.31. The number of likely N-dealkylation sites (tertiary alicyclic amines) is 1. The van der Waals surface area contributed by atoms with Gasteiger partial charge in [-0.1, -0.05) is 23.7 Å². The molecule has 6 heteroatoms. The first-order valence-corrected chi connectivity index (χ1v) is 8.22. The van der Waals surface area contributed by atoms with E-state index in [0.29, 0.717) is 12.1 Å². The van der Waals surface area contributed by atoms with Crippen molar-refractivity contribution in [1.29, 1.82) is 0 Å². The number of H-pyrrole nitrogens is 1. The van der Waals surface area contributed by atoms with Gasteiger partial charge in [0.2, 0.25) is 0 Å². The molecule has 1 aromatic heterocycles. The quantitative estimate of drug-likeness (QED) is 0.752. The molecule has 122 valence electrons. The van der Waals surface area contributed by atoms with Gasteiger partial charge in [0.25, 0.3) is 5.91 Å². The van der Waals surface area contributed by atoms with Crippen molar-refractivity contribution in [3.05, 3.63) is 64.7 Å². The molecule has 1 aliphatic rings. The number of carbonyl (C=O) groups excluding carboxylic acids is 1. The van der Waals surface area contributed by atoms with Crippen LogP contribution in [-0.4, -0.2) is 27.3 Å². The highest BCUT2D eigenvalue weighted by Crippen LogP contribution is 2.33. The van der Waals surface area contributed by atoms with Crippen molar-refractivity contribution in [2.45, 2.75) is 18.9 Å². The summed E-state index contributed by atoms with van der Waals surface area (Å²) in [6, 6.07) is 11.5. The maximum atomic E-state index is 13.2. The maximum absolute atomic E-state index is 13.2. The third-order valence-electron chi connectivity index (χ3n) is 4.40. The van der Waals surface area contributed by atoms with Crippen LogP contribution in [0.25, 0.3) is 11.0 Å². The van der Waals surface area contributed by atoms with Crippen LogP contribution in [0.3, 0.4) is 0 Å². The van der Waals surface area contributed by atoms with Gasteiger partial charge in [0, 0.05) is 6.54 Å². The van der Waals surface area contributed by atoms with Crippen LogP contribution in [0.4, 0.5) is 4.39 Å². The Kier molecular flexibility index (Phi) is 3.73. The van der Waals surface area contributed by atoms with Crippen LogP contribution < -0.4 is 0 Å². The van der Waals surface area contributed by atoms with Crippen molar-refractivity contribution < 1.29 is 9.18 Å². The summed E-state index contributed by atoms with van der Waals surface area (Å²) in [6.45, 7) is 0.633. The number of amides is 1. The van der Waals surface area contributed by atoms with Gasteiger partial charge in [-0.3, -0.25) is 4.79 Å². The molecule has 1 atom stereocenters. The average Bonchev–Trinajstić information content (AvgIpc) is 3.20. The van der Waals surface area contributed by atoms with Gasteiger partial charge in [-0.15, -0.1) is 0 Å². The van der Waals surface area contributed by atoms with Crippen molar-refractivity contribution in [1.82, 2.24) is 14.9 Å². The zero-order valence-electron chi connectivity index (χ0n) is 12.8. The number of hydrogen-bond acceptors (Lipinski definition) is 2. The average molecular weight is 344 g/mol. The topological polar surface area (TPSA) is 49.0 Å². The van der Waals surface area contributed by atoms with E-state index in [1.165, 1.54) is 18.2 Å². The fourth-order valence-corrected chi connectivity index (χ4v) is 3.49. The number of para-hydroxylation sites is 2. The Morgan fingerprint density at radius 1 is 1.29 bits per heavy atom. The predicted octanol–water partition coefficient (Wildman–Crippen LogP) is 4.33. The van der Waals surface area contributed by atoms with E-state index in [-0.39, 0.29) is 17.0 Å². The molecule has 1 aliphatic heterocycles. The molecule has 1 fully saturated rings. The third-order valence-corrected chi connectivity index (χ3v) is 4.71. The van der Waals surface area contributed by atoms with Gasteiger partial charge in [-0.05, 0) is 43.2 Å². The summed E-state index contributed by atoms with van der Waals surface area (Å²) in [4.78, 5) is 22.5. The lowest BCUT2D eigenvalue weighted by atomic mass is 10.1. The normalized spacial score (nSPS) is 17.6. The summed E-state index contributed by atoms with van der Waals surface area (Å²) in [6.07, 6.45) is 1.73. The van der Waals surface area contributed by atoms with E-state index in [1.807, 2.05) is 24.3 Å². The molecule has 2 aromatic carbocycles. The number of carbonyl (C=O) groups is 1. The van der Waals surface area contributed by atoms with Crippen molar-refractivity contribution in [3.8, 4) is 0 Å². The Hall–Kier alpha value is -2.40. The van der Waals surface area contributed by atoms with E-state index in [9.17, 15) is 9.18 Å². The molecule has 4 nitrogen and oxygen atoms in total.